The fourth-order valence-electron chi connectivity index (χ4n) is 1.86. The Balaban J connectivity index is 2.29. The zero-order valence-corrected chi connectivity index (χ0v) is 11.7. The summed E-state index contributed by atoms with van der Waals surface area (Å²) in [5, 5.41) is 3.63. The molecule has 0 fully saturated rings. The lowest BCUT2D eigenvalue weighted by atomic mass is 9.98. The number of hydrogen-bond donors (Lipinski definition) is 1. The highest BCUT2D eigenvalue weighted by Gasteiger charge is 2.16. The minimum Gasteiger partial charge on any atom is -0.309 e. The molecular formula is C15H26N2. The maximum atomic E-state index is 3.63. The smallest absolute Gasteiger partial charge is 0.0210 e. The van der Waals surface area contributed by atoms with Gasteiger partial charge in [0.1, 0.15) is 0 Å². The summed E-state index contributed by atoms with van der Waals surface area (Å²) >= 11 is 0. The molecule has 0 unspecified atom stereocenters. The van der Waals surface area contributed by atoms with Crippen molar-refractivity contribution >= 4 is 0 Å². The molecule has 0 saturated heterocycles. The van der Waals surface area contributed by atoms with Gasteiger partial charge in [-0.15, -0.1) is 0 Å². The van der Waals surface area contributed by atoms with Crippen molar-refractivity contribution in [3.63, 3.8) is 0 Å². The van der Waals surface area contributed by atoms with Crippen LogP contribution in [0, 0.1) is 0 Å². The number of nitrogens with zero attached hydrogens (tertiary/aromatic N) is 1. The summed E-state index contributed by atoms with van der Waals surface area (Å²) in [6.07, 6.45) is 2.44. The second kappa shape index (κ2) is 6.77. The maximum absolute atomic E-state index is 3.63. The van der Waals surface area contributed by atoms with Gasteiger partial charge in [0.25, 0.3) is 0 Å². The highest BCUT2D eigenvalue weighted by Crippen LogP contribution is 2.12. The van der Waals surface area contributed by atoms with E-state index in [1.807, 2.05) is 0 Å². The highest BCUT2D eigenvalue weighted by atomic mass is 15.0. The number of nitrogens with one attached hydrogen (secondary N) is 1. The molecule has 17 heavy (non-hydrogen) atoms. The van der Waals surface area contributed by atoms with Gasteiger partial charge in [-0.1, -0.05) is 30.3 Å². The van der Waals surface area contributed by atoms with Gasteiger partial charge in [0, 0.05) is 12.1 Å². The predicted molar refractivity (Wildman–Crippen MR) is 75.1 cm³/mol. The molecule has 0 aliphatic rings. The summed E-state index contributed by atoms with van der Waals surface area (Å²) in [6, 6.07) is 10.6. The van der Waals surface area contributed by atoms with E-state index in [0.29, 0.717) is 0 Å². The maximum Gasteiger partial charge on any atom is 0.0210 e. The third-order valence-corrected chi connectivity index (χ3v) is 3.02. The van der Waals surface area contributed by atoms with Gasteiger partial charge in [0.05, 0.1) is 0 Å². The molecule has 2 heteroatoms. The molecule has 1 aromatic carbocycles. The highest BCUT2D eigenvalue weighted by molar-refractivity contribution is 5.14. The Hall–Kier alpha value is -0.860. The first kappa shape index (κ1) is 14.2. The van der Waals surface area contributed by atoms with Crippen LogP contribution in [0.5, 0.6) is 0 Å². The van der Waals surface area contributed by atoms with E-state index >= 15 is 0 Å². The Morgan fingerprint density at radius 3 is 2.35 bits per heavy atom. The molecule has 0 saturated carbocycles. The van der Waals surface area contributed by atoms with Gasteiger partial charge in [-0.25, -0.2) is 0 Å². The van der Waals surface area contributed by atoms with Crippen molar-refractivity contribution in [2.24, 2.45) is 0 Å². The number of hydrogen-bond acceptors (Lipinski definition) is 2. The van der Waals surface area contributed by atoms with Gasteiger partial charge in [-0.2, -0.15) is 0 Å². The van der Waals surface area contributed by atoms with Crippen LogP contribution in [0.25, 0.3) is 0 Å². The van der Waals surface area contributed by atoms with E-state index in [2.05, 4.69) is 68.5 Å². The predicted octanol–water partition coefficient (Wildman–Crippen LogP) is 2.90. The van der Waals surface area contributed by atoms with Crippen LogP contribution in [0.3, 0.4) is 0 Å². The summed E-state index contributed by atoms with van der Waals surface area (Å²) in [6.45, 7) is 6.68. The van der Waals surface area contributed by atoms with Crippen LogP contribution in [-0.2, 0) is 6.54 Å². The first-order chi connectivity index (χ1) is 7.99. The summed E-state index contributed by atoms with van der Waals surface area (Å²) in [5.41, 5.74) is 1.57. The van der Waals surface area contributed by atoms with Crippen LogP contribution in [0.1, 0.15) is 32.3 Å². The Labute approximate surface area is 106 Å². The molecule has 0 spiro atoms. The second-order valence-corrected chi connectivity index (χ2v) is 5.63. The fraction of sp³-hybridized carbons (Fsp3) is 0.600. The third-order valence-electron chi connectivity index (χ3n) is 3.02. The largest absolute Gasteiger partial charge is 0.309 e. The van der Waals surface area contributed by atoms with Crippen LogP contribution in [0.15, 0.2) is 30.3 Å². The van der Waals surface area contributed by atoms with Crippen LogP contribution >= 0.6 is 0 Å². The van der Waals surface area contributed by atoms with Crippen molar-refractivity contribution in [2.75, 3.05) is 20.6 Å². The summed E-state index contributed by atoms with van der Waals surface area (Å²) in [5.74, 6) is 0. The Morgan fingerprint density at radius 1 is 1.12 bits per heavy atom. The van der Waals surface area contributed by atoms with Gasteiger partial charge in [-0.05, 0) is 52.9 Å². The van der Waals surface area contributed by atoms with Gasteiger partial charge in [-0.3, -0.25) is 0 Å². The first-order valence-corrected chi connectivity index (χ1v) is 6.43. The van der Waals surface area contributed by atoms with Gasteiger partial charge in [0.2, 0.25) is 0 Å². The molecule has 0 aliphatic heterocycles. The minimum absolute atomic E-state index is 0.214. The van der Waals surface area contributed by atoms with Crippen LogP contribution in [-0.4, -0.2) is 31.1 Å². The lowest BCUT2D eigenvalue weighted by Crippen LogP contribution is -2.39. The Morgan fingerprint density at radius 2 is 1.76 bits per heavy atom. The quantitative estimate of drug-likeness (QED) is 0.780. The molecule has 0 atom stereocenters. The molecule has 2 nitrogen and oxygen atoms in total. The average Bonchev–Trinajstić information content (AvgIpc) is 2.27. The van der Waals surface area contributed by atoms with Crippen LogP contribution in [0.4, 0.5) is 0 Å². The van der Waals surface area contributed by atoms with E-state index in [0.717, 1.165) is 13.1 Å². The summed E-state index contributed by atoms with van der Waals surface area (Å²) < 4.78 is 0. The van der Waals surface area contributed by atoms with Crippen molar-refractivity contribution in [1.82, 2.24) is 10.2 Å². The normalized spacial score (nSPS) is 12.1. The van der Waals surface area contributed by atoms with Crippen LogP contribution < -0.4 is 5.32 Å². The van der Waals surface area contributed by atoms with Crippen LogP contribution in [0.2, 0.25) is 0 Å². The molecule has 0 amide bonds. The molecule has 0 aliphatic carbocycles. The lowest BCUT2D eigenvalue weighted by molar-refractivity contribution is 0.316. The molecule has 0 bridgehead atoms. The van der Waals surface area contributed by atoms with Gasteiger partial charge >= 0.3 is 0 Å². The zero-order chi connectivity index (χ0) is 12.7. The van der Waals surface area contributed by atoms with Crippen molar-refractivity contribution < 1.29 is 0 Å². The molecule has 0 heterocycles. The SMILES string of the molecule is CN(C)CCCC(C)(C)NCc1ccccc1. The molecule has 0 aromatic heterocycles. The molecule has 1 rings (SSSR count). The summed E-state index contributed by atoms with van der Waals surface area (Å²) in [7, 11) is 4.26. The monoisotopic (exact) mass is 234 g/mol. The van der Waals surface area contributed by atoms with Crippen molar-refractivity contribution in [3.05, 3.63) is 35.9 Å². The van der Waals surface area contributed by atoms with Crippen molar-refractivity contribution in [1.29, 1.82) is 0 Å². The Bertz CT molecular complexity index is 304. The molecule has 1 aromatic rings. The molecule has 96 valence electrons. The van der Waals surface area contributed by atoms with E-state index < -0.39 is 0 Å². The zero-order valence-electron chi connectivity index (χ0n) is 11.7. The van der Waals surface area contributed by atoms with E-state index in [-0.39, 0.29) is 5.54 Å². The van der Waals surface area contributed by atoms with E-state index in [4.69, 9.17) is 0 Å². The second-order valence-electron chi connectivity index (χ2n) is 5.63. The van der Waals surface area contributed by atoms with E-state index in [1.54, 1.807) is 0 Å². The average molecular weight is 234 g/mol. The van der Waals surface area contributed by atoms with Gasteiger partial charge in [0.15, 0.2) is 0 Å². The molecule has 1 N–H and O–H groups in total. The van der Waals surface area contributed by atoms with E-state index in [9.17, 15) is 0 Å². The summed E-state index contributed by atoms with van der Waals surface area (Å²) in [4.78, 5) is 2.24. The lowest BCUT2D eigenvalue weighted by Gasteiger charge is -2.27. The Kier molecular flexibility index (Phi) is 5.66. The van der Waals surface area contributed by atoms with Crippen molar-refractivity contribution in [3.8, 4) is 0 Å². The number of rotatable bonds is 7. The topological polar surface area (TPSA) is 15.3 Å². The minimum atomic E-state index is 0.214. The first-order valence-electron chi connectivity index (χ1n) is 6.43. The molecular weight excluding hydrogens is 208 g/mol. The molecule has 0 radical (unpaired) electrons. The van der Waals surface area contributed by atoms with Gasteiger partial charge < -0.3 is 10.2 Å². The third kappa shape index (κ3) is 6.44. The fourth-order valence-corrected chi connectivity index (χ4v) is 1.86. The van der Waals surface area contributed by atoms with E-state index in [1.165, 1.54) is 18.4 Å². The van der Waals surface area contributed by atoms with Crippen molar-refractivity contribution in [2.45, 2.75) is 38.8 Å². The standard InChI is InChI=1S/C15H26N2/c1-15(2,11-8-12-17(3)4)16-13-14-9-6-5-7-10-14/h5-7,9-10,16H,8,11-13H2,1-4H3. The number of benzene rings is 1.